The Morgan fingerprint density at radius 2 is 2.11 bits per heavy atom. The molecule has 0 aromatic heterocycles. The molecule has 0 aliphatic heterocycles. The maximum Gasteiger partial charge on any atom is 0.251 e. The van der Waals surface area contributed by atoms with Crippen LogP contribution in [0.5, 0.6) is 0 Å². The van der Waals surface area contributed by atoms with E-state index in [0.717, 1.165) is 12.3 Å². The van der Waals surface area contributed by atoms with E-state index in [1.54, 1.807) is 12.1 Å². The third-order valence-electron chi connectivity index (χ3n) is 3.90. The van der Waals surface area contributed by atoms with Gasteiger partial charge in [-0.15, -0.1) is 0 Å². The average Bonchev–Trinajstić information content (AvgIpc) is 2.32. The van der Waals surface area contributed by atoms with Crippen molar-refractivity contribution in [2.45, 2.75) is 39.2 Å². The first-order valence-electron chi connectivity index (χ1n) is 6.72. The van der Waals surface area contributed by atoms with Crippen LogP contribution in [-0.2, 0) is 0 Å². The second-order valence-corrected chi connectivity index (χ2v) is 5.60. The fourth-order valence-electron chi connectivity index (χ4n) is 2.81. The summed E-state index contributed by atoms with van der Waals surface area (Å²) in [6.45, 7) is 4.51. The lowest BCUT2D eigenvalue weighted by Crippen LogP contribution is -2.42. The summed E-state index contributed by atoms with van der Waals surface area (Å²) in [6.07, 6.45) is 3.48. The minimum absolute atomic E-state index is 0.00583. The number of nitrogen functional groups attached to an aromatic ring is 1. The highest BCUT2D eigenvalue weighted by molar-refractivity contribution is 5.95. The van der Waals surface area contributed by atoms with E-state index in [4.69, 9.17) is 5.73 Å². The van der Waals surface area contributed by atoms with Crippen LogP contribution in [0.3, 0.4) is 0 Å². The first-order chi connectivity index (χ1) is 8.56. The molecule has 1 aliphatic carbocycles. The van der Waals surface area contributed by atoms with Gasteiger partial charge in [0.05, 0.1) is 0 Å². The highest BCUT2D eigenvalue weighted by Gasteiger charge is 2.26. The van der Waals surface area contributed by atoms with Gasteiger partial charge in [-0.1, -0.05) is 19.9 Å². The minimum Gasteiger partial charge on any atom is -0.399 e. The van der Waals surface area contributed by atoms with Crippen LogP contribution < -0.4 is 11.1 Å². The molecule has 3 N–H and O–H groups in total. The van der Waals surface area contributed by atoms with Crippen molar-refractivity contribution in [2.24, 2.45) is 11.8 Å². The Labute approximate surface area is 109 Å². The van der Waals surface area contributed by atoms with Gasteiger partial charge in [0.15, 0.2) is 0 Å². The van der Waals surface area contributed by atoms with E-state index >= 15 is 0 Å². The van der Waals surface area contributed by atoms with Crippen molar-refractivity contribution in [2.75, 3.05) is 5.73 Å². The number of amides is 1. The highest BCUT2D eigenvalue weighted by Crippen LogP contribution is 2.28. The SMILES string of the molecule is CC1CCC(NC(=O)c2cccc(N)c2)C(C)C1. The fourth-order valence-corrected chi connectivity index (χ4v) is 2.81. The molecule has 0 radical (unpaired) electrons. The van der Waals surface area contributed by atoms with Crippen molar-refractivity contribution < 1.29 is 4.79 Å². The van der Waals surface area contributed by atoms with Crippen molar-refractivity contribution in [1.82, 2.24) is 5.32 Å². The van der Waals surface area contributed by atoms with Crippen LogP contribution >= 0.6 is 0 Å². The Morgan fingerprint density at radius 1 is 1.33 bits per heavy atom. The number of anilines is 1. The molecule has 98 valence electrons. The van der Waals surface area contributed by atoms with Crippen molar-refractivity contribution in [3.05, 3.63) is 29.8 Å². The number of carbonyl (C=O) groups excluding carboxylic acids is 1. The zero-order valence-electron chi connectivity index (χ0n) is 11.1. The third-order valence-corrected chi connectivity index (χ3v) is 3.90. The molecule has 1 saturated carbocycles. The summed E-state index contributed by atoms with van der Waals surface area (Å²) in [5.41, 5.74) is 6.98. The van der Waals surface area contributed by atoms with Crippen LogP contribution in [0.4, 0.5) is 5.69 Å². The zero-order chi connectivity index (χ0) is 13.1. The summed E-state index contributed by atoms with van der Waals surface area (Å²) in [7, 11) is 0. The van der Waals surface area contributed by atoms with Crippen LogP contribution in [0.2, 0.25) is 0 Å². The fraction of sp³-hybridized carbons (Fsp3) is 0.533. The largest absolute Gasteiger partial charge is 0.399 e. The van der Waals surface area contributed by atoms with E-state index < -0.39 is 0 Å². The molecule has 2 rings (SSSR count). The maximum absolute atomic E-state index is 12.1. The lowest BCUT2D eigenvalue weighted by molar-refractivity contribution is 0.0899. The van der Waals surface area contributed by atoms with Crippen LogP contribution in [-0.4, -0.2) is 11.9 Å². The molecule has 1 aromatic rings. The van der Waals surface area contributed by atoms with Crippen LogP contribution in [0.1, 0.15) is 43.5 Å². The smallest absolute Gasteiger partial charge is 0.251 e. The van der Waals surface area contributed by atoms with Gasteiger partial charge in [0.1, 0.15) is 0 Å². The Balaban J connectivity index is 1.99. The van der Waals surface area contributed by atoms with Gasteiger partial charge in [-0.3, -0.25) is 4.79 Å². The summed E-state index contributed by atoms with van der Waals surface area (Å²) in [5.74, 6) is 1.33. The number of carbonyl (C=O) groups is 1. The van der Waals surface area contributed by atoms with Gasteiger partial charge in [-0.2, -0.15) is 0 Å². The minimum atomic E-state index is -0.00583. The monoisotopic (exact) mass is 246 g/mol. The van der Waals surface area contributed by atoms with E-state index in [2.05, 4.69) is 19.2 Å². The number of nitrogens with one attached hydrogen (secondary N) is 1. The number of nitrogens with two attached hydrogens (primary N) is 1. The van der Waals surface area contributed by atoms with Crippen molar-refractivity contribution in [1.29, 1.82) is 0 Å². The Morgan fingerprint density at radius 3 is 2.78 bits per heavy atom. The number of hydrogen-bond donors (Lipinski definition) is 2. The molecule has 3 atom stereocenters. The standard InChI is InChI=1S/C15H22N2O/c1-10-6-7-14(11(2)8-10)17-15(18)12-4-3-5-13(16)9-12/h3-5,9-11,14H,6-8,16H2,1-2H3,(H,17,18). The molecule has 3 heteroatoms. The zero-order valence-corrected chi connectivity index (χ0v) is 11.1. The molecule has 1 aliphatic rings. The third kappa shape index (κ3) is 3.03. The van der Waals surface area contributed by atoms with Gasteiger partial charge in [0.25, 0.3) is 5.91 Å². The predicted octanol–water partition coefficient (Wildman–Crippen LogP) is 2.82. The first-order valence-corrected chi connectivity index (χ1v) is 6.72. The summed E-state index contributed by atoms with van der Waals surface area (Å²) in [5, 5.41) is 3.14. The number of hydrogen-bond acceptors (Lipinski definition) is 2. The molecule has 1 amide bonds. The molecule has 0 spiro atoms. The second kappa shape index (κ2) is 5.42. The van der Waals surface area contributed by atoms with E-state index in [1.165, 1.54) is 12.8 Å². The summed E-state index contributed by atoms with van der Waals surface area (Å²) < 4.78 is 0. The van der Waals surface area contributed by atoms with Gasteiger partial charge in [0.2, 0.25) is 0 Å². The average molecular weight is 246 g/mol. The van der Waals surface area contributed by atoms with E-state index in [-0.39, 0.29) is 5.91 Å². The highest BCUT2D eigenvalue weighted by atomic mass is 16.1. The number of benzene rings is 1. The molecular weight excluding hydrogens is 224 g/mol. The molecule has 3 nitrogen and oxygen atoms in total. The van der Waals surface area contributed by atoms with Gasteiger partial charge >= 0.3 is 0 Å². The topological polar surface area (TPSA) is 55.1 Å². The van der Waals surface area contributed by atoms with Gasteiger partial charge < -0.3 is 11.1 Å². The summed E-state index contributed by atoms with van der Waals surface area (Å²) in [4.78, 5) is 12.1. The van der Waals surface area contributed by atoms with Gasteiger partial charge in [-0.05, 0) is 49.3 Å². The molecular formula is C15H22N2O. The van der Waals surface area contributed by atoms with Crippen LogP contribution in [0.25, 0.3) is 0 Å². The lowest BCUT2D eigenvalue weighted by Gasteiger charge is -2.33. The maximum atomic E-state index is 12.1. The van der Waals surface area contributed by atoms with E-state index in [1.807, 2.05) is 12.1 Å². The Hall–Kier alpha value is -1.51. The Kier molecular flexibility index (Phi) is 3.90. The summed E-state index contributed by atoms with van der Waals surface area (Å²) >= 11 is 0. The Bertz CT molecular complexity index is 430. The summed E-state index contributed by atoms with van der Waals surface area (Å²) in [6, 6.07) is 7.45. The van der Waals surface area contributed by atoms with Crippen molar-refractivity contribution in [3.8, 4) is 0 Å². The molecule has 18 heavy (non-hydrogen) atoms. The molecule has 0 saturated heterocycles. The van der Waals surface area contributed by atoms with Crippen molar-refractivity contribution in [3.63, 3.8) is 0 Å². The van der Waals surface area contributed by atoms with Crippen LogP contribution in [0.15, 0.2) is 24.3 Å². The second-order valence-electron chi connectivity index (χ2n) is 5.60. The van der Waals surface area contributed by atoms with Gasteiger partial charge in [-0.25, -0.2) is 0 Å². The molecule has 0 heterocycles. The quantitative estimate of drug-likeness (QED) is 0.788. The van der Waals surface area contributed by atoms with Crippen molar-refractivity contribution >= 4 is 11.6 Å². The predicted molar refractivity (Wildman–Crippen MR) is 74.3 cm³/mol. The van der Waals surface area contributed by atoms with E-state index in [9.17, 15) is 4.79 Å². The first kappa shape index (κ1) is 12.9. The molecule has 1 aromatic carbocycles. The molecule has 0 bridgehead atoms. The van der Waals surface area contributed by atoms with Crippen LogP contribution in [0, 0.1) is 11.8 Å². The molecule has 3 unspecified atom stereocenters. The number of rotatable bonds is 2. The van der Waals surface area contributed by atoms with Gasteiger partial charge in [0, 0.05) is 17.3 Å². The normalized spacial score (nSPS) is 27.8. The lowest BCUT2D eigenvalue weighted by atomic mass is 9.80. The molecule has 1 fully saturated rings. The van der Waals surface area contributed by atoms with E-state index in [0.29, 0.717) is 23.2 Å².